The molecule has 0 spiro atoms. The summed E-state index contributed by atoms with van der Waals surface area (Å²) < 4.78 is 69.8. The topological polar surface area (TPSA) is 208 Å². The van der Waals surface area contributed by atoms with E-state index in [2.05, 4.69) is 15.0 Å². The van der Waals surface area contributed by atoms with Gasteiger partial charge in [0, 0.05) is 44.3 Å². The standard InChI is InChI=1S/C47H34F4N4O8/c48-39-38(40(49)42(51)47(41(39)50)63-20-27(60)19-56)37-33-15-13-31(54-33)35(22-5-2-8-25(58)17-22)29-11-10-28(52-29)34(21-4-1-7-24(57)16-21)30-12-14-32(53-30)36(23-6-3-9-26(59)18-23)43-45(61)46(62)44(37)55-43/h1-18,27,45-46,53-54,56-62H,19-20H2/t27?,45-,46?/m1/s1. The van der Waals surface area contributed by atoms with Gasteiger partial charge in [-0.3, -0.25) is 4.98 Å². The second kappa shape index (κ2) is 16.1. The van der Waals surface area contributed by atoms with Gasteiger partial charge in [0.05, 0.1) is 34.9 Å². The van der Waals surface area contributed by atoms with E-state index in [0.717, 1.165) is 0 Å². The van der Waals surface area contributed by atoms with Crippen LogP contribution < -0.4 is 4.74 Å². The molecule has 7 aromatic rings. The SMILES string of the molecule is OCC(O)COc1c(F)c(F)c(-c2c3nc(c(-c4cccc(O)c4)c4ccc([nH]4)c(-c4cccc(O)c4)c4nc(c(-c5cccc(O)c5)c5ccc2[nH]5)C=C4)[C@@H](O)C3O)c(F)c1F. The Kier molecular flexibility index (Phi) is 10.4. The summed E-state index contributed by atoms with van der Waals surface area (Å²) >= 11 is 0. The lowest BCUT2D eigenvalue weighted by molar-refractivity contribution is 0.0259. The van der Waals surface area contributed by atoms with Gasteiger partial charge in [-0.15, -0.1) is 0 Å². The molecular formula is C47H34F4N4O8. The number of phenolic OH excluding ortho intramolecular Hbond substituents is 3. The number of H-pyrrole nitrogens is 2. The van der Waals surface area contributed by atoms with Gasteiger partial charge in [0.1, 0.15) is 42.2 Å². The summed E-state index contributed by atoms with van der Waals surface area (Å²) in [6.45, 7) is -1.81. The zero-order chi connectivity index (χ0) is 44.3. The molecule has 12 nitrogen and oxygen atoms in total. The highest BCUT2D eigenvalue weighted by Crippen LogP contribution is 2.47. The molecule has 5 heterocycles. The Labute approximate surface area is 353 Å². The highest BCUT2D eigenvalue weighted by atomic mass is 19.2. The number of hydrogen-bond acceptors (Lipinski definition) is 10. The Morgan fingerprint density at radius 2 is 0.952 bits per heavy atom. The van der Waals surface area contributed by atoms with E-state index in [1.165, 1.54) is 48.5 Å². The van der Waals surface area contributed by atoms with E-state index < -0.39 is 77.4 Å². The number of nitrogens with one attached hydrogen (secondary N) is 2. The smallest absolute Gasteiger partial charge is 0.204 e. The van der Waals surface area contributed by atoms with Gasteiger partial charge in [-0.1, -0.05) is 36.4 Å². The Balaban J connectivity index is 1.49. The van der Waals surface area contributed by atoms with E-state index in [9.17, 15) is 35.7 Å². The Morgan fingerprint density at radius 1 is 0.540 bits per heavy atom. The van der Waals surface area contributed by atoms with Crippen LogP contribution in [0.2, 0.25) is 0 Å². The highest BCUT2D eigenvalue weighted by Gasteiger charge is 2.38. The lowest BCUT2D eigenvalue weighted by atomic mass is 9.96. The van der Waals surface area contributed by atoms with E-state index in [-0.39, 0.29) is 50.6 Å². The summed E-state index contributed by atoms with van der Waals surface area (Å²) in [5, 5.41) is 74.5. The summed E-state index contributed by atoms with van der Waals surface area (Å²) in [5.41, 5.74) is 0.599. The van der Waals surface area contributed by atoms with E-state index in [1.54, 1.807) is 60.7 Å². The van der Waals surface area contributed by atoms with Gasteiger partial charge in [-0.05, 0) is 89.5 Å². The van der Waals surface area contributed by atoms with Crippen LogP contribution in [0.25, 0.3) is 78.7 Å². The second-order valence-electron chi connectivity index (χ2n) is 14.8. The fraction of sp³-hybridized carbons (Fsp3) is 0.106. The first kappa shape index (κ1) is 40.9. The van der Waals surface area contributed by atoms with Crippen molar-refractivity contribution in [1.82, 2.24) is 19.9 Å². The number of aromatic hydroxyl groups is 3. The third-order valence-electron chi connectivity index (χ3n) is 10.7. The van der Waals surface area contributed by atoms with Gasteiger partial charge in [0.15, 0.2) is 17.4 Å². The minimum Gasteiger partial charge on any atom is -0.508 e. The van der Waals surface area contributed by atoms with Gasteiger partial charge in [0.25, 0.3) is 0 Å². The predicted molar refractivity (Wildman–Crippen MR) is 225 cm³/mol. The monoisotopic (exact) mass is 858 g/mol. The summed E-state index contributed by atoms with van der Waals surface area (Å²) in [4.78, 5) is 16.0. The molecule has 4 aromatic carbocycles. The molecule has 0 radical (unpaired) electrons. The molecule has 318 valence electrons. The molecule has 16 heteroatoms. The van der Waals surface area contributed by atoms with Crippen LogP contribution in [0.5, 0.6) is 23.0 Å². The Hall–Kier alpha value is -7.50. The molecule has 2 unspecified atom stereocenters. The molecule has 0 saturated heterocycles. The number of aliphatic hydroxyl groups excluding tert-OH is 4. The normalized spacial score (nSPS) is 15.2. The summed E-state index contributed by atoms with van der Waals surface area (Å²) in [6.07, 6.45) is -2.29. The number of aromatic nitrogens is 4. The molecule has 3 atom stereocenters. The lowest BCUT2D eigenvalue weighted by Crippen LogP contribution is -2.22. The van der Waals surface area contributed by atoms with Gasteiger partial charge >= 0.3 is 0 Å². The first-order valence-corrected chi connectivity index (χ1v) is 19.3. The van der Waals surface area contributed by atoms with Gasteiger partial charge in [-0.2, -0.15) is 8.78 Å². The molecular weight excluding hydrogens is 825 g/mol. The fourth-order valence-corrected chi connectivity index (χ4v) is 7.88. The highest BCUT2D eigenvalue weighted by molar-refractivity contribution is 5.97. The molecule has 2 aliphatic heterocycles. The van der Waals surface area contributed by atoms with Crippen molar-refractivity contribution in [3.05, 3.63) is 143 Å². The number of nitrogens with zero attached hydrogens (tertiary/aromatic N) is 2. The maximum atomic E-state index is 16.5. The molecule has 8 bridgehead atoms. The zero-order valence-corrected chi connectivity index (χ0v) is 32.5. The molecule has 63 heavy (non-hydrogen) atoms. The number of hydrogen-bond donors (Lipinski definition) is 9. The number of benzene rings is 4. The van der Waals surface area contributed by atoms with E-state index in [4.69, 9.17) is 9.72 Å². The number of aromatic amines is 2. The molecule has 0 fully saturated rings. The van der Waals surface area contributed by atoms with Crippen LogP contribution in [0.4, 0.5) is 17.6 Å². The van der Waals surface area contributed by atoms with Crippen molar-refractivity contribution in [2.75, 3.05) is 13.2 Å². The molecule has 9 N–H and O–H groups in total. The van der Waals surface area contributed by atoms with Crippen LogP contribution in [0.1, 0.15) is 35.0 Å². The van der Waals surface area contributed by atoms with Crippen molar-refractivity contribution < 1.29 is 58.0 Å². The van der Waals surface area contributed by atoms with E-state index >= 15 is 17.6 Å². The molecule has 9 rings (SSSR count). The van der Waals surface area contributed by atoms with Crippen molar-refractivity contribution in [3.63, 3.8) is 0 Å². The third-order valence-corrected chi connectivity index (χ3v) is 10.7. The van der Waals surface area contributed by atoms with Crippen LogP contribution in [-0.4, -0.2) is 75.0 Å². The maximum absolute atomic E-state index is 16.5. The lowest BCUT2D eigenvalue weighted by Gasteiger charge is -2.16. The first-order chi connectivity index (χ1) is 30.3. The predicted octanol–water partition coefficient (Wildman–Crippen LogP) is 8.33. The summed E-state index contributed by atoms with van der Waals surface area (Å²) in [7, 11) is 0. The average molecular weight is 859 g/mol. The van der Waals surface area contributed by atoms with Crippen molar-refractivity contribution in [2.45, 2.75) is 18.3 Å². The zero-order valence-electron chi connectivity index (χ0n) is 32.5. The largest absolute Gasteiger partial charge is 0.508 e. The minimum atomic E-state index is -2.09. The Bertz CT molecular complexity index is 3160. The number of rotatable bonds is 8. The molecule has 2 aliphatic rings. The van der Waals surface area contributed by atoms with Crippen LogP contribution in [0.15, 0.2) is 97.1 Å². The summed E-state index contributed by atoms with van der Waals surface area (Å²) in [6, 6.07) is 24.6. The molecule has 3 aromatic heterocycles. The number of aliphatic hydroxyl groups is 4. The van der Waals surface area contributed by atoms with Crippen LogP contribution in [0, 0.1) is 23.3 Å². The van der Waals surface area contributed by atoms with Gasteiger partial charge in [-0.25, -0.2) is 13.8 Å². The minimum absolute atomic E-state index is 0.0357. The van der Waals surface area contributed by atoms with Crippen molar-refractivity contribution in [3.8, 4) is 67.5 Å². The third kappa shape index (κ3) is 7.19. The van der Waals surface area contributed by atoms with Crippen molar-refractivity contribution in [1.29, 1.82) is 0 Å². The first-order valence-electron chi connectivity index (χ1n) is 19.3. The number of halogens is 4. The second-order valence-corrected chi connectivity index (χ2v) is 14.8. The quantitative estimate of drug-likeness (QED) is 0.0527. The molecule has 0 saturated carbocycles. The number of fused-ring (bicyclic) bond motifs is 8. The van der Waals surface area contributed by atoms with Crippen LogP contribution in [-0.2, 0) is 0 Å². The van der Waals surface area contributed by atoms with Crippen molar-refractivity contribution in [2.24, 2.45) is 0 Å². The number of phenols is 3. The number of ether oxygens (including phenoxy) is 1. The van der Waals surface area contributed by atoms with E-state index in [1.807, 2.05) is 0 Å². The fourth-order valence-electron chi connectivity index (χ4n) is 7.88. The van der Waals surface area contributed by atoms with E-state index in [0.29, 0.717) is 39.2 Å². The average Bonchev–Trinajstić information content (AvgIpc) is 4.10. The summed E-state index contributed by atoms with van der Waals surface area (Å²) in [5.74, 6) is -9.86. The molecule has 0 amide bonds. The van der Waals surface area contributed by atoms with Crippen molar-refractivity contribution >= 4 is 34.2 Å². The Morgan fingerprint density at radius 3 is 1.40 bits per heavy atom. The van der Waals surface area contributed by atoms with Gasteiger partial charge in [0.2, 0.25) is 11.6 Å². The van der Waals surface area contributed by atoms with Gasteiger partial charge < -0.3 is 50.5 Å². The van der Waals surface area contributed by atoms with Crippen LogP contribution in [0.3, 0.4) is 0 Å². The maximum Gasteiger partial charge on any atom is 0.204 e. The molecule has 0 aliphatic carbocycles. The van der Waals surface area contributed by atoms with Crippen LogP contribution >= 0.6 is 0 Å².